The first kappa shape index (κ1) is 19.4. The summed E-state index contributed by atoms with van der Waals surface area (Å²) in [6.07, 6.45) is 0. The zero-order valence-corrected chi connectivity index (χ0v) is 14.0. The summed E-state index contributed by atoms with van der Waals surface area (Å²) in [5.74, 6) is 0. The van der Waals surface area contributed by atoms with Crippen LogP contribution in [0.15, 0.2) is 58.3 Å². The zero-order chi connectivity index (χ0) is 19.5. The summed E-state index contributed by atoms with van der Waals surface area (Å²) in [6, 6.07) is 6.82. The molecule has 26 heavy (non-hydrogen) atoms. The largest absolute Gasteiger partial charge is 0.324 e. The van der Waals surface area contributed by atoms with E-state index in [1.807, 2.05) is 0 Å². The average molecular weight is 404 g/mol. The van der Waals surface area contributed by atoms with Crippen LogP contribution in [0.2, 0.25) is 0 Å². The number of hydrogen-bond acceptors (Lipinski definition) is 10. The first-order chi connectivity index (χ1) is 12.0. The van der Waals surface area contributed by atoms with Gasteiger partial charge in [0.1, 0.15) is 0 Å². The highest BCUT2D eigenvalue weighted by Gasteiger charge is 2.25. The molecule has 14 heteroatoms. The fourth-order valence-corrected chi connectivity index (χ4v) is 3.30. The Balaban J connectivity index is 2.17. The lowest BCUT2D eigenvalue weighted by atomic mass is 10.3. The Kier molecular flexibility index (Phi) is 5.31. The number of nitro benzene ring substituents is 2. The molecule has 0 aromatic heterocycles. The van der Waals surface area contributed by atoms with Crippen molar-refractivity contribution in [3.8, 4) is 0 Å². The fraction of sp³-hybridized carbons (Fsp3) is 0. The summed E-state index contributed by atoms with van der Waals surface area (Å²) in [5.41, 5.74) is -0.772. The Labute approximate surface area is 146 Å². The van der Waals surface area contributed by atoms with Gasteiger partial charge in [0.2, 0.25) is 0 Å². The normalized spacial score (nSPS) is 11.8. The predicted molar refractivity (Wildman–Crippen MR) is 82.7 cm³/mol. The summed E-state index contributed by atoms with van der Waals surface area (Å²) >= 11 is 0. The maximum absolute atomic E-state index is 11.9. The van der Waals surface area contributed by atoms with Gasteiger partial charge in [-0.25, -0.2) is 0 Å². The minimum atomic E-state index is -4.70. The highest BCUT2D eigenvalue weighted by molar-refractivity contribution is 7.89. The van der Waals surface area contributed by atoms with Crippen LogP contribution in [0.4, 0.5) is 11.4 Å². The molecule has 12 nitrogen and oxygen atoms in total. The summed E-state index contributed by atoms with van der Waals surface area (Å²) in [5, 5.41) is 21.0. The molecule has 2 aromatic carbocycles. The standard InChI is InChI=1S/C12H8N2O10S2/c15-13(16)9-1-5-11(6-2-9)25(19,20)23-24-26(21,22)12-7-3-10(4-8-12)14(17)18/h1-8H. The second-order valence-electron chi connectivity index (χ2n) is 4.55. The highest BCUT2D eigenvalue weighted by atomic mass is 32.2. The van der Waals surface area contributed by atoms with E-state index in [9.17, 15) is 37.1 Å². The van der Waals surface area contributed by atoms with Crippen LogP contribution < -0.4 is 0 Å². The number of hydrogen-bond donors (Lipinski definition) is 0. The molecule has 0 fully saturated rings. The SMILES string of the molecule is O=[N+]([O-])c1ccc(S(=O)(=O)OOS(=O)(=O)c2ccc([N+](=O)[O-])cc2)cc1. The molecule has 0 heterocycles. The van der Waals surface area contributed by atoms with Crippen molar-refractivity contribution < 1.29 is 35.3 Å². The summed E-state index contributed by atoms with van der Waals surface area (Å²) < 4.78 is 55.4. The van der Waals surface area contributed by atoms with Crippen LogP contribution in [0.5, 0.6) is 0 Å². The van der Waals surface area contributed by atoms with Crippen LogP contribution in [-0.2, 0) is 28.9 Å². The third-order valence-electron chi connectivity index (χ3n) is 2.88. The molecule has 0 amide bonds. The van der Waals surface area contributed by atoms with Gasteiger partial charge in [-0.05, 0) is 24.3 Å². The Bertz CT molecular complexity index is 957. The number of nitro groups is 2. The van der Waals surface area contributed by atoms with Crippen LogP contribution in [0.25, 0.3) is 0 Å². The molecule has 138 valence electrons. The first-order valence-corrected chi connectivity index (χ1v) is 9.21. The van der Waals surface area contributed by atoms with Gasteiger partial charge in [-0.1, -0.05) is 8.67 Å². The molecule has 0 N–H and O–H groups in total. The minimum Gasteiger partial charge on any atom is -0.258 e. The van der Waals surface area contributed by atoms with Gasteiger partial charge in [0, 0.05) is 24.3 Å². The van der Waals surface area contributed by atoms with Crippen molar-refractivity contribution in [3.63, 3.8) is 0 Å². The van der Waals surface area contributed by atoms with Gasteiger partial charge in [0.15, 0.2) is 0 Å². The van der Waals surface area contributed by atoms with E-state index in [2.05, 4.69) is 8.67 Å². The quantitative estimate of drug-likeness (QED) is 0.374. The number of nitrogens with zero attached hydrogens (tertiary/aromatic N) is 2. The maximum atomic E-state index is 11.9. The van der Waals surface area contributed by atoms with E-state index in [-0.39, 0.29) is 11.4 Å². The third kappa shape index (κ3) is 4.37. The average Bonchev–Trinajstić information content (AvgIpc) is 2.60. The summed E-state index contributed by atoms with van der Waals surface area (Å²) in [6.45, 7) is 0. The van der Waals surface area contributed by atoms with E-state index in [1.54, 1.807) is 0 Å². The molecule has 0 aliphatic heterocycles. The van der Waals surface area contributed by atoms with Crippen LogP contribution >= 0.6 is 0 Å². The van der Waals surface area contributed by atoms with Crippen LogP contribution in [-0.4, -0.2) is 26.7 Å². The summed E-state index contributed by atoms with van der Waals surface area (Å²) in [4.78, 5) is 18.4. The van der Waals surface area contributed by atoms with Crippen LogP contribution in [0.3, 0.4) is 0 Å². The van der Waals surface area contributed by atoms with E-state index in [0.717, 1.165) is 48.5 Å². The van der Waals surface area contributed by atoms with Gasteiger partial charge in [0.05, 0.1) is 19.6 Å². The number of non-ortho nitro benzene ring substituents is 2. The van der Waals surface area contributed by atoms with Crippen molar-refractivity contribution in [1.29, 1.82) is 0 Å². The van der Waals surface area contributed by atoms with Gasteiger partial charge in [0.25, 0.3) is 11.4 Å². The molecule has 0 atom stereocenters. The second-order valence-corrected chi connectivity index (χ2v) is 7.58. The molecule has 0 spiro atoms. The molecule has 0 aliphatic rings. The van der Waals surface area contributed by atoms with Gasteiger partial charge in [-0.3, -0.25) is 20.2 Å². The smallest absolute Gasteiger partial charge is 0.258 e. The van der Waals surface area contributed by atoms with Crippen molar-refractivity contribution in [2.75, 3.05) is 0 Å². The molecule has 0 bridgehead atoms. The molecule has 0 aliphatic carbocycles. The molecule has 0 saturated heterocycles. The maximum Gasteiger partial charge on any atom is 0.324 e. The van der Waals surface area contributed by atoms with Gasteiger partial charge >= 0.3 is 20.2 Å². The highest BCUT2D eigenvalue weighted by Crippen LogP contribution is 2.21. The minimum absolute atomic E-state index is 0.386. The van der Waals surface area contributed by atoms with E-state index in [0.29, 0.717) is 0 Å². The molecular weight excluding hydrogens is 396 g/mol. The zero-order valence-electron chi connectivity index (χ0n) is 12.4. The lowest BCUT2D eigenvalue weighted by molar-refractivity contribution is -0.385. The Morgan fingerprint density at radius 3 is 1.12 bits per heavy atom. The van der Waals surface area contributed by atoms with Crippen LogP contribution in [0.1, 0.15) is 0 Å². The first-order valence-electron chi connectivity index (χ1n) is 6.40. The lowest BCUT2D eigenvalue weighted by Gasteiger charge is -2.05. The second kappa shape index (κ2) is 7.12. The topological polar surface area (TPSA) is 173 Å². The van der Waals surface area contributed by atoms with Crippen LogP contribution in [0, 0.1) is 20.2 Å². The van der Waals surface area contributed by atoms with E-state index >= 15 is 0 Å². The summed E-state index contributed by atoms with van der Waals surface area (Å²) in [7, 11) is -9.40. The van der Waals surface area contributed by atoms with Crippen molar-refractivity contribution in [3.05, 3.63) is 68.8 Å². The molecule has 2 rings (SSSR count). The lowest BCUT2D eigenvalue weighted by Crippen LogP contribution is -2.13. The Morgan fingerprint density at radius 2 is 0.885 bits per heavy atom. The molecular formula is C12H8N2O10S2. The fourth-order valence-electron chi connectivity index (χ4n) is 1.62. The predicted octanol–water partition coefficient (Wildman–Crippen LogP) is 1.53. The third-order valence-corrected chi connectivity index (χ3v) is 5.16. The number of benzene rings is 2. The van der Waals surface area contributed by atoms with Gasteiger partial charge in [-0.15, -0.1) is 0 Å². The number of rotatable bonds is 7. The van der Waals surface area contributed by atoms with E-state index in [1.165, 1.54) is 0 Å². The van der Waals surface area contributed by atoms with Crippen molar-refractivity contribution >= 4 is 31.6 Å². The molecule has 0 unspecified atom stereocenters. The van der Waals surface area contributed by atoms with Crippen molar-refractivity contribution in [2.24, 2.45) is 0 Å². The Hall–Kier alpha value is -2.94. The molecule has 0 radical (unpaired) electrons. The van der Waals surface area contributed by atoms with Crippen molar-refractivity contribution in [2.45, 2.75) is 9.79 Å². The molecule has 2 aromatic rings. The van der Waals surface area contributed by atoms with Gasteiger partial charge in [-0.2, -0.15) is 16.8 Å². The van der Waals surface area contributed by atoms with E-state index in [4.69, 9.17) is 0 Å². The van der Waals surface area contributed by atoms with Crippen molar-refractivity contribution in [1.82, 2.24) is 0 Å². The Morgan fingerprint density at radius 1 is 0.615 bits per heavy atom. The van der Waals surface area contributed by atoms with E-state index < -0.39 is 39.9 Å². The monoisotopic (exact) mass is 404 g/mol. The van der Waals surface area contributed by atoms with Gasteiger partial charge < -0.3 is 0 Å². The molecule has 0 saturated carbocycles.